The van der Waals surface area contributed by atoms with Crippen molar-refractivity contribution < 1.29 is 8.91 Å². The molecule has 0 aliphatic rings. The lowest BCUT2D eigenvalue weighted by atomic mass is 9.99. The standard InChI is InChI=1S/C15H16N2O/c1-15(2,13-10-6-7-11-16-13)17-14(18)12-8-4-3-5-9-12/h3-11H,1-2H3,(H,17,18)/i3D,4D,5D. The zero-order valence-corrected chi connectivity index (χ0v) is 10.3. The van der Waals surface area contributed by atoms with Gasteiger partial charge in [-0.15, -0.1) is 0 Å². The second-order valence-electron chi connectivity index (χ2n) is 4.45. The Labute approximate surface area is 111 Å². The van der Waals surface area contributed by atoms with E-state index in [0.717, 1.165) is 0 Å². The van der Waals surface area contributed by atoms with Crippen molar-refractivity contribution in [3.05, 3.63) is 65.9 Å². The van der Waals surface area contributed by atoms with Gasteiger partial charge < -0.3 is 5.32 Å². The van der Waals surface area contributed by atoms with Crippen molar-refractivity contribution in [3.8, 4) is 0 Å². The topological polar surface area (TPSA) is 42.0 Å². The maximum atomic E-state index is 12.3. The van der Waals surface area contributed by atoms with Crippen LogP contribution in [0.15, 0.2) is 54.7 Å². The summed E-state index contributed by atoms with van der Waals surface area (Å²) < 4.78 is 22.7. The summed E-state index contributed by atoms with van der Waals surface area (Å²) in [7, 11) is 0. The molecule has 1 heterocycles. The third-order valence-corrected chi connectivity index (χ3v) is 2.59. The molecule has 92 valence electrons. The van der Waals surface area contributed by atoms with Gasteiger partial charge in [0.15, 0.2) is 0 Å². The summed E-state index contributed by atoms with van der Waals surface area (Å²) in [6.07, 6.45) is 1.65. The van der Waals surface area contributed by atoms with Crippen LogP contribution >= 0.6 is 0 Å². The van der Waals surface area contributed by atoms with Gasteiger partial charge in [-0.1, -0.05) is 24.2 Å². The van der Waals surface area contributed by atoms with Gasteiger partial charge >= 0.3 is 0 Å². The van der Waals surface area contributed by atoms with Gasteiger partial charge in [0, 0.05) is 11.8 Å². The molecule has 1 aromatic heterocycles. The number of nitrogens with zero attached hydrogens (tertiary/aromatic N) is 1. The number of nitrogens with one attached hydrogen (secondary N) is 1. The zero-order chi connectivity index (χ0) is 15.6. The van der Waals surface area contributed by atoms with Crippen LogP contribution in [-0.4, -0.2) is 10.9 Å². The molecule has 3 heteroatoms. The summed E-state index contributed by atoms with van der Waals surface area (Å²) in [5.41, 5.74) is 0.236. The first-order valence-corrected chi connectivity index (χ1v) is 5.63. The second-order valence-corrected chi connectivity index (χ2v) is 4.45. The summed E-state index contributed by atoms with van der Waals surface area (Å²) in [4.78, 5) is 16.5. The highest BCUT2D eigenvalue weighted by molar-refractivity contribution is 5.94. The fraction of sp³-hybridized carbons (Fsp3) is 0.200. The number of rotatable bonds is 3. The normalized spacial score (nSPS) is 13.3. The number of aromatic nitrogens is 1. The molecule has 0 aliphatic carbocycles. The Balaban J connectivity index is 2.26. The minimum absolute atomic E-state index is 0.136. The first kappa shape index (κ1) is 8.86. The molecule has 0 atom stereocenters. The molecule has 0 spiro atoms. The number of hydrogen-bond acceptors (Lipinski definition) is 2. The Bertz CT molecular complexity index is 649. The molecule has 18 heavy (non-hydrogen) atoms. The average molecular weight is 243 g/mol. The molecule has 0 aliphatic heterocycles. The Morgan fingerprint density at radius 2 is 1.94 bits per heavy atom. The highest BCUT2D eigenvalue weighted by atomic mass is 16.1. The predicted octanol–water partition coefficient (Wildman–Crippen LogP) is 2.75. The Kier molecular flexibility index (Phi) is 2.46. The van der Waals surface area contributed by atoms with Crippen molar-refractivity contribution in [3.63, 3.8) is 0 Å². The second kappa shape index (κ2) is 5.00. The molecular formula is C15H16N2O. The molecule has 0 saturated heterocycles. The van der Waals surface area contributed by atoms with E-state index in [0.29, 0.717) is 5.69 Å². The van der Waals surface area contributed by atoms with Gasteiger partial charge in [0.05, 0.1) is 15.3 Å². The van der Waals surface area contributed by atoms with Crippen molar-refractivity contribution in [2.24, 2.45) is 0 Å². The molecular weight excluding hydrogens is 224 g/mol. The number of carbonyl (C=O) groups excluding carboxylic acids is 1. The lowest BCUT2D eigenvalue weighted by molar-refractivity contribution is 0.0910. The van der Waals surface area contributed by atoms with E-state index < -0.39 is 11.4 Å². The van der Waals surface area contributed by atoms with E-state index in [1.807, 2.05) is 26.0 Å². The molecule has 3 nitrogen and oxygen atoms in total. The van der Waals surface area contributed by atoms with Crippen LogP contribution in [0, 0.1) is 0 Å². The van der Waals surface area contributed by atoms with Gasteiger partial charge in [0.1, 0.15) is 0 Å². The number of carbonyl (C=O) groups is 1. The summed E-state index contributed by atoms with van der Waals surface area (Å²) in [5.74, 6) is -0.396. The van der Waals surface area contributed by atoms with Crippen LogP contribution in [0.1, 0.15) is 34.0 Å². The van der Waals surface area contributed by atoms with Crippen LogP contribution in [0.3, 0.4) is 0 Å². The van der Waals surface area contributed by atoms with Gasteiger partial charge in [-0.05, 0) is 38.1 Å². The van der Waals surface area contributed by atoms with E-state index in [9.17, 15) is 4.79 Å². The molecule has 0 bridgehead atoms. The fourth-order valence-electron chi connectivity index (χ4n) is 1.59. The maximum Gasteiger partial charge on any atom is 0.252 e. The minimum Gasteiger partial charge on any atom is -0.342 e. The van der Waals surface area contributed by atoms with E-state index in [2.05, 4.69) is 10.3 Å². The summed E-state index contributed by atoms with van der Waals surface area (Å²) in [6, 6.07) is 7.59. The van der Waals surface area contributed by atoms with Crippen molar-refractivity contribution in [1.82, 2.24) is 10.3 Å². The Hall–Kier alpha value is -2.16. The van der Waals surface area contributed by atoms with Crippen LogP contribution < -0.4 is 5.32 Å². The van der Waals surface area contributed by atoms with Crippen molar-refractivity contribution in [2.45, 2.75) is 19.4 Å². The van der Waals surface area contributed by atoms with Gasteiger partial charge in [-0.2, -0.15) is 0 Å². The summed E-state index contributed by atoms with van der Waals surface area (Å²) in [5, 5.41) is 2.83. The third kappa shape index (κ3) is 2.74. The predicted molar refractivity (Wildman–Crippen MR) is 71.2 cm³/mol. The molecule has 2 rings (SSSR count). The molecule has 1 amide bonds. The maximum absolute atomic E-state index is 12.3. The van der Waals surface area contributed by atoms with Gasteiger partial charge in [-0.25, -0.2) is 0 Å². The van der Waals surface area contributed by atoms with Crippen LogP contribution in [0.2, 0.25) is 0 Å². The first-order chi connectivity index (χ1) is 9.81. The monoisotopic (exact) mass is 243 g/mol. The number of amides is 1. The molecule has 0 fully saturated rings. The van der Waals surface area contributed by atoms with E-state index in [4.69, 9.17) is 4.11 Å². The number of hydrogen-bond donors (Lipinski definition) is 1. The van der Waals surface area contributed by atoms with Crippen LogP contribution in [0.4, 0.5) is 0 Å². The molecule has 0 unspecified atom stereocenters. The van der Waals surface area contributed by atoms with Crippen LogP contribution in [-0.2, 0) is 5.54 Å². The third-order valence-electron chi connectivity index (χ3n) is 2.59. The molecule has 0 saturated carbocycles. The Morgan fingerprint density at radius 1 is 1.22 bits per heavy atom. The molecule has 1 aromatic carbocycles. The minimum atomic E-state index is -0.678. The van der Waals surface area contributed by atoms with Crippen molar-refractivity contribution in [1.29, 1.82) is 0 Å². The highest BCUT2D eigenvalue weighted by Crippen LogP contribution is 2.17. The van der Waals surface area contributed by atoms with E-state index >= 15 is 0 Å². The summed E-state index contributed by atoms with van der Waals surface area (Å²) in [6.45, 7) is 3.66. The first-order valence-electron chi connectivity index (χ1n) is 7.13. The quantitative estimate of drug-likeness (QED) is 0.900. The van der Waals surface area contributed by atoms with E-state index in [1.54, 1.807) is 12.3 Å². The molecule has 1 N–H and O–H groups in total. The number of pyridine rings is 1. The van der Waals surface area contributed by atoms with Gasteiger partial charge in [0.2, 0.25) is 0 Å². The van der Waals surface area contributed by atoms with Crippen molar-refractivity contribution in [2.75, 3.05) is 0 Å². The highest BCUT2D eigenvalue weighted by Gasteiger charge is 2.24. The van der Waals surface area contributed by atoms with Crippen LogP contribution in [0.25, 0.3) is 0 Å². The number of benzene rings is 1. The SMILES string of the molecule is [2H]c1cc(C(=O)NC(C)(C)c2ccccn2)cc([2H])c1[2H]. The lowest BCUT2D eigenvalue weighted by Crippen LogP contribution is -2.41. The molecule has 0 radical (unpaired) electrons. The smallest absolute Gasteiger partial charge is 0.252 e. The summed E-state index contributed by atoms with van der Waals surface area (Å²) >= 11 is 0. The largest absolute Gasteiger partial charge is 0.342 e. The van der Waals surface area contributed by atoms with Crippen LogP contribution in [0.5, 0.6) is 0 Å². The van der Waals surface area contributed by atoms with Gasteiger partial charge in [-0.3, -0.25) is 9.78 Å². The van der Waals surface area contributed by atoms with Gasteiger partial charge in [0.25, 0.3) is 5.91 Å². The Morgan fingerprint density at radius 3 is 2.56 bits per heavy atom. The van der Waals surface area contributed by atoms with E-state index in [-0.39, 0.29) is 23.7 Å². The zero-order valence-electron chi connectivity index (χ0n) is 13.3. The lowest BCUT2D eigenvalue weighted by Gasteiger charge is -2.25. The fourth-order valence-corrected chi connectivity index (χ4v) is 1.59. The van der Waals surface area contributed by atoms with E-state index in [1.165, 1.54) is 12.1 Å². The van der Waals surface area contributed by atoms with Crippen molar-refractivity contribution >= 4 is 5.91 Å². The average Bonchev–Trinajstić information content (AvgIpc) is 2.44. The molecule has 2 aromatic rings.